The molecule has 0 spiro atoms. The van der Waals surface area contributed by atoms with Gasteiger partial charge in [-0.1, -0.05) is 0 Å². The molecule has 1 heterocycles. The normalized spacial score (nSPS) is 12.1. The molecule has 1 unspecified atom stereocenters. The molecule has 66 valence electrons. The van der Waals surface area contributed by atoms with Gasteiger partial charge in [-0.2, -0.15) is 11.3 Å². The first-order chi connectivity index (χ1) is 5.68. The zero-order valence-electron chi connectivity index (χ0n) is 6.37. The van der Waals surface area contributed by atoms with Gasteiger partial charge in [0.15, 0.2) is 0 Å². The monoisotopic (exact) mass is 204 g/mol. The average Bonchev–Trinajstić information content (AvgIpc) is 2.37. The van der Waals surface area contributed by atoms with Crippen LogP contribution in [0.3, 0.4) is 0 Å². The molecule has 0 fully saturated rings. The van der Waals surface area contributed by atoms with E-state index in [1.165, 1.54) is 17.6 Å². The number of anilines is 1. The summed E-state index contributed by atoms with van der Waals surface area (Å²) in [5.74, 6) is 0. The second-order valence-electron chi connectivity index (χ2n) is 2.02. The van der Waals surface area contributed by atoms with E-state index >= 15 is 0 Å². The van der Waals surface area contributed by atoms with Crippen LogP contribution in [0.1, 0.15) is 0 Å². The molecular formula is C6H8N2O2S2. The smallest absolute Gasteiger partial charge is 0.306 e. The van der Waals surface area contributed by atoms with Crippen LogP contribution in [0.5, 0.6) is 0 Å². The van der Waals surface area contributed by atoms with E-state index in [9.17, 15) is 9.00 Å². The highest BCUT2D eigenvalue weighted by atomic mass is 32.2. The van der Waals surface area contributed by atoms with E-state index < -0.39 is 17.0 Å². The number of nitrogens with one attached hydrogen (secondary N) is 2. The lowest BCUT2D eigenvalue weighted by Crippen LogP contribution is -2.29. The molecule has 2 N–H and O–H groups in total. The van der Waals surface area contributed by atoms with Crippen molar-refractivity contribution in [3.63, 3.8) is 0 Å². The summed E-state index contributed by atoms with van der Waals surface area (Å²) in [5.41, 5.74) is 0.711. The standard InChI is InChI=1S/C6H8N2O2S2/c1-12(10)8-6(9)7-5-2-3-11-4-5/h2-4H,1H3,(H2,7,8,9). The SMILES string of the molecule is CS(=O)NC(=O)Nc1ccsc1. The Kier molecular flexibility index (Phi) is 3.24. The third kappa shape index (κ3) is 3.02. The van der Waals surface area contributed by atoms with Crippen molar-refractivity contribution in [3.05, 3.63) is 16.8 Å². The molecule has 0 aliphatic rings. The highest BCUT2D eigenvalue weighted by Crippen LogP contribution is 2.10. The predicted molar refractivity (Wildman–Crippen MR) is 50.5 cm³/mol. The maximum atomic E-state index is 10.9. The van der Waals surface area contributed by atoms with Crippen LogP contribution in [0, 0.1) is 0 Å². The Morgan fingerprint density at radius 2 is 2.42 bits per heavy atom. The van der Waals surface area contributed by atoms with Crippen LogP contribution in [0.2, 0.25) is 0 Å². The molecule has 4 nitrogen and oxygen atoms in total. The lowest BCUT2D eigenvalue weighted by Gasteiger charge is -2.01. The minimum absolute atomic E-state index is 0.450. The molecule has 0 saturated carbocycles. The van der Waals surface area contributed by atoms with Crippen molar-refractivity contribution in [1.82, 2.24) is 4.72 Å². The van der Waals surface area contributed by atoms with Crippen molar-refractivity contribution in [1.29, 1.82) is 0 Å². The largest absolute Gasteiger partial charge is 0.331 e. The predicted octanol–water partition coefficient (Wildman–Crippen LogP) is 1.16. The second kappa shape index (κ2) is 4.22. The van der Waals surface area contributed by atoms with Crippen molar-refractivity contribution in [2.75, 3.05) is 11.6 Å². The Morgan fingerprint density at radius 1 is 1.67 bits per heavy atom. The van der Waals surface area contributed by atoms with Crippen LogP contribution in [-0.2, 0) is 11.0 Å². The van der Waals surface area contributed by atoms with Crippen LogP contribution in [0.4, 0.5) is 10.5 Å². The minimum Gasteiger partial charge on any atom is -0.306 e. The van der Waals surface area contributed by atoms with Gasteiger partial charge in [-0.15, -0.1) is 0 Å². The van der Waals surface area contributed by atoms with E-state index in [-0.39, 0.29) is 0 Å². The summed E-state index contributed by atoms with van der Waals surface area (Å²) in [6.07, 6.45) is 1.40. The Hall–Kier alpha value is -0.880. The highest BCUT2D eigenvalue weighted by Gasteiger charge is 2.01. The second-order valence-corrected chi connectivity index (χ2v) is 3.91. The van der Waals surface area contributed by atoms with Crippen molar-refractivity contribution in [2.24, 2.45) is 0 Å². The summed E-state index contributed by atoms with van der Waals surface area (Å²) in [5, 5.41) is 6.16. The van der Waals surface area contributed by atoms with E-state index in [2.05, 4.69) is 10.0 Å². The van der Waals surface area contributed by atoms with E-state index in [1.807, 2.05) is 5.38 Å². The fourth-order valence-corrected chi connectivity index (χ4v) is 1.52. The van der Waals surface area contributed by atoms with E-state index in [4.69, 9.17) is 0 Å². The summed E-state index contributed by atoms with van der Waals surface area (Å²) in [6, 6.07) is 1.32. The number of amides is 2. The van der Waals surface area contributed by atoms with Crippen molar-refractivity contribution >= 4 is 34.0 Å². The number of carbonyl (C=O) groups excluding carboxylic acids is 1. The summed E-state index contributed by atoms with van der Waals surface area (Å²) < 4.78 is 12.7. The first kappa shape index (κ1) is 9.21. The van der Waals surface area contributed by atoms with Crippen LogP contribution >= 0.6 is 11.3 Å². The Balaban J connectivity index is 2.42. The molecule has 6 heteroatoms. The number of carbonyl (C=O) groups is 1. The number of urea groups is 1. The fourth-order valence-electron chi connectivity index (χ4n) is 0.623. The molecule has 1 aromatic rings. The van der Waals surface area contributed by atoms with Crippen molar-refractivity contribution in [2.45, 2.75) is 0 Å². The molecular weight excluding hydrogens is 196 g/mol. The first-order valence-electron chi connectivity index (χ1n) is 3.12. The number of hydrogen-bond acceptors (Lipinski definition) is 3. The summed E-state index contributed by atoms with van der Waals surface area (Å²) in [7, 11) is -1.32. The van der Waals surface area contributed by atoms with Gasteiger partial charge in [0, 0.05) is 11.6 Å². The van der Waals surface area contributed by atoms with Gasteiger partial charge >= 0.3 is 6.03 Å². The van der Waals surface area contributed by atoms with Gasteiger partial charge in [-0.05, 0) is 11.4 Å². The topological polar surface area (TPSA) is 58.2 Å². The van der Waals surface area contributed by atoms with Gasteiger partial charge in [0.1, 0.15) is 11.0 Å². The lowest BCUT2D eigenvalue weighted by atomic mass is 10.5. The van der Waals surface area contributed by atoms with Crippen molar-refractivity contribution in [3.8, 4) is 0 Å². The van der Waals surface area contributed by atoms with Gasteiger partial charge in [0.05, 0.1) is 5.69 Å². The zero-order chi connectivity index (χ0) is 8.97. The van der Waals surface area contributed by atoms with E-state index in [0.29, 0.717) is 5.69 Å². The Labute approximate surface area is 76.6 Å². The van der Waals surface area contributed by atoms with Gasteiger partial charge < -0.3 is 5.32 Å². The molecule has 2 amide bonds. The van der Waals surface area contributed by atoms with Gasteiger partial charge in [-0.3, -0.25) is 4.72 Å². The molecule has 0 aliphatic carbocycles. The Morgan fingerprint density at radius 3 is 2.92 bits per heavy atom. The number of thiophene rings is 1. The number of hydrogen-bond donors (Lipinski definition) is 2. The molecule has 1 aromatic heterocycles. The van der Waals surface area contributed by atoms with E-state index in [1.54, 1.807) is 11.4 Å². The highest BCUT2D eigenvalue weighted by molar-refractivity contribution is 7.82. The maximum Gasteiger partial charge on any atom is 0.331 e. The molecule has 0 saturated heterocycles. The third-order valence-corrected chi connectivity index (χ3v) is 2.17. The summed E-state index contributed by atoms with van der Waals surface area (Å²) in [4.78, 5) is 10.9. The molecule has 0 radical (unpaired) electrons. The zero-order valence-corrected chi connectivity index (χ0v) is 8.00. The molecule has 1 rings (SSSR count). The molecule has 0 aromatic carbocycles. The van der Waals surface area contributed by atoms with Gasteiger partial charge in [0.25, 0.3) is 0 Å². The molecule has 12 heavy (non-hydrogen) atoms. The first-order valence-corrected chi connectivity index (χ1v) is 5.62. The molecule has 1 atom stereocenters. The minimum atomic E-state index is -1.32. The molecule has 0 aliphatic heterocycles. The number of rotatable bonds is 2. The van der Waals surface area contributed by atoms with Gasteiger partial charge in [0.2, 0.25) is 0 Å². The Bertz CT molecular complexity index is 284. The quantitative estimate of drug-likeness (QED) is 0.759. The van der Waals surface area contributed by atoms with Crippen LogP contribution in [0.15, 0.2) is 16.8 Å². The van der Waals surface area contributed by atoms with Crippen molar-refractivity contribution < 1.29 is 9.00 Å². The molecule has 0 bridgehead atoms. The fraction of sp³-hybridized carbons (Fsp3) is 0.167. The maximum absolute atomic E-state index is 10.9. The van der Waals surface area contributed by atoms with Crippen LogP contribution < -0.4 is 10.0 Å². The van der Waals surface area contributed by atoms with Crippen LogP contribution in [0.25, 0.3) is 0 Å². The third-order valence-electron chi connectivity index (χ3n) is 1.02. The lowest BCUT2D eigenvalue weighted by molar-refractivity contribution is 0.257. The van der Waals surface area contributed by atoms with E-state index in [0.717, 1.165) is 0 Å². The van der Waals surface area contributed by atoms with Gasteiger partial charge in [-0.25, -0.2) is 9.00 Å². The average molecular weight is 204 g/mol. The summed E-state index contributed by atoms with van der Waals surface area (Å²) in [6.45, 7) is 0. The summed E-state index contributed by atoms with van der Waals surface area (Å²) >= 11 is 1.48. The van der Waals surface area contributed by atoms with Crippen LogP contribution in [-0.4, -0.2) is 16.5 Å².